The Morgan fingerprint density at radius 3 is 2.54 bits per heavy atom. The minimum atomic E-state index is -0.245. The van der Waals surface area contributed by atoms with Gasteiger partial charge in [0.1, 0.15) is 0 Å². The van der Waals surface area contributed by atoms with Gasteiger partial charge in [-0.25, -0.2) is 4.79 Å². The molecule has 2 amide bonds. The number of morpholine rings is 1. The molecule has 6 nitrogen and oxygen atoms in total. The van der Waals surface area contributed by atoms with Crippen molar-refractivity contribution in [2.45, 2.75) is 6.04 Å². The molecule has 1 unspecified atom stereocenters. The quantitative estimate of drug-likeness (QED) is 0.775. The fourth-order valence-corrected chi connectivity index (χ4v) is 3.46. The van der Waals surface area contributed by atoms with Crippen molar-refractivity contribution in [3.8, 4) is 0 Å². The van der Waals surface area contributed by atoms with Crippen LogP contribution in [0.15, 0.2) is 48.5 Å². The standard InChI is InChI=1S/C21H27ClN4O2/c1-25(2)19-8-6-16(7-9-19)20(26-10-12-28-13-11-26)15-23-21(27)24-18-5-3-4-17(22)14-18/h3-9,14,20H,10-13,15H2,1-2H3,(H2,23,24,27). The van der Waals surface area contributed by atoms with Crippen molar-refractivity contribution in [2.75, 3.05) is 57.2 Å². The molecule has 7 heteroatoms. The highest BCUT2D eigenvalue weighted by atomic mass is 35.5. The largest absolute Gasteiger partial charge is 0.379 e. The van der Waals surface area contributed by atoms with E-state index in [9.17, 15) is 4.79 Å². The van der Waals surface area contributed by atoms with Gasteiger partial charge in [-0.1, -0.05) is 29.8 Å². The number of carbonyl (C=O) groups excluding carboxylic acids is 1. The van der Waals surface area contributed by atoms with E-state index >= 15 is 0 Å². The fraction of sp³-hybridized carbons (Fsp3) is 0.381. The topological polar surface area (TPSA) is 56.8 Å². The third-order valence-corrected chi connectivity index (χ3v) is 5.05. The molecule has 2 N–H and O–H groups in total. The normalized spacial score (nSPS) is 15.7. The molecule has 0 saturated carbocycles. The van der Waals surface area contributed by atoms with Gasteiger partial charge >= 0.3 is 6.03 Å². The van der Waals surface area contributed by atoms with E-state index in [1.54, 1.807) is 18.2 Å². The lowest BCUT2D eigenvalue weighted by Gasteiger charge is -2.35. The van der Waals surface area contributed by atoms with Crippen LogP contribution < -0.4 is 15.5 Å². The number of rotatable bonds is 6. The van der Waals surface area contributed by atoms with E-state index in [0.717, 1.165) is 18.8 Å². The van der Waals surface area contributed by atoms with Crippen molar-refractivity contribution < 1.29 is 9.53 Å². The van der Waals surface area contributed by atoms with Gasteiger partial charge in [0.2, 0.25) is 0 Å². The number of benzene rings is 2. The van der Waals surface area contributed by atoms with Gasteiger partial charge < -0.3 is 20.3 Å². The highest BCUT2D eigenvalue weighted by Crippen LogP contribution is 2.24. The number of anilines is 2. The summed E-state index contributed by atoms with van der Waals surface area (Å²) < 4.78 is 5.49. The first-order chi connectivity index (χ1) is 13.5. The molecule has 0 radical (unpaired) electrons. The van der Waals surface area contributed by atoms with E-state index in [2.05, 4.69) is 44.7 Å². The molecule has 1 saturated heterocycles. The lowest BCUT2D eigenvalue weighted by Crippen LogP contribution is -2.44. The van der Waals surface area contributed by atoms with Gasteiger partial charge in [0.25, 0.3) is 0 Å². The molecule has 2 aromatic rings. The first kappa shape index (κ1) is 20.5. The zero-order valence-corrected chi connectivity index (χ0v) is 17.1. The van der Waals surface area contributed by atoms with Crippen LogP contribution in [-0.2, 0) is 4.74 Å². The second-order valence-electron chi connectivity index (χ2n) is 7.00. The van der Waals surface area contributed by atoms with E-state index < -0.39 is 0 Å². The van der Waals surface area contributed by atoms with Crippen LogP contribution in [0.2, 0.25) is 5.02 Å². The number of carbonyl (C=O) groups is 1. The Kier molecular flexibility index (Phi) is 7.14. The predicted molar refractivity (Wildman–Crippen MR) is 114 cm³/mol. The van der Waals surface area contributed by atoms with Crippen LogP contribution in [0.4, 0.5) is 16.2 Å². The highest BCUT2D eigenvalue weighted by molar-refractivity contribution is 6.30. The lowest BCUT2D eigenvalue weighted by molar-refractivity contribution is 0.0168. The first-order valence-electron chi connectivity index (χ1n) is 9.42. The molecule has 0 aromatic heterocycles. The summed E-state index contributed by atoms with van der Waals surface area (Å²) in [5.41, 5.74) is 3.00. The number of ether oxygens (including phenoxy) is 1. The number of hydrogen-bond acceptors (Lipinski definition) is 4. The summed E-state index contributed by atoms with van der Waals surface area (Å²) in [4.78, 5) is 16.8. The van der Waals surface area contributed by atoms with Crippen LogP contribution in [0.3, 0.4) is 0 Å². The lowest BCUT2D eigenvalue weighted by atomic mass is 10.0. The summed E-state index contributed by atoms with van der Waals surface area (Å²) in [7, 11) is 4.05. The van der Waals surface area contributed by atoms with Crippen molar-refractivity contribution in [1.29, 1.82) is 0 Å². The van der Waals surface area contributed by atoms with Crippen molar-refractivity contribution in [1.82, 2.24) is 10.2 Å². The summed E-state index contributed by atoms with van der Waals surface area (Å²) in [6.07, 6.45) is 0. The third-order valence-electron chi connectivity index (χ3n) is 4.82. The molecule has 0 spiro atoms. The summed E-state index contributed by atoms with van der Waals surface area (Å²) in [5, 5.41) is 6.42. The van der Waals surface area contributed by atoms with E-state index in [0.29, 0.717) is 30.5 Å². The molecular formula is C21H27ClN4O2. The molecule has 1 aliphatic heterocycles. The Labute approximate surface area is 171 Å². The van der Waals surface area contributed by atoms with Crippen molar-refractivity contribution in [3.05, 3.63) is 59.1 Å². The summed E-state index contributed by atoms with van der Waals surface area (Å²) in [6.45, 7) is 3.62. The Balaban J connectivity index is 1.67. The van der Waals surface area contributed by atoms with Crippen molar-refractivity contribution in [2.24, 2.45) is 0 Å². The molecule has 1 fully saturated rings. The molecule has 1 atom stereocenters. The predicted octanol–water partition coefficient (Wildman–Crippen LogP) is 3.60. The first-order valence-corrected chi connectivity index (χ1v) is 9.80. The van der Waals surface area contributed by atoms with E-state index in [-0.39, 0.29) is 12.1 Å². The Bertz CT molecular complexity index is 776. The number of nitrogens with one attached hydrogen (secondary N) is 2. The Morgan fingerprint density at radius 1 is 1.18 bits per heavy atom. The third kappa shape index (κ3) is 5.61. The highest BCUT2D eigenvalue weighted by Gasteiger charge is 2.23. The van der Waals surface area contributed by atoms with Gasteiger partial charge in [-0.2, -0.15) is 0 Å². The van der Waals surface area contributed by atoms with Gasteiger partial charge in [-0.3, -0.25) is 4.90 Å². The fourth-order valence-electron chi connectivity index (χ4n) is 3.27. The average molecular weight is 403 g/mol. The summed E-state index contributed by atoms with van der Waals surface area (Å²) >= 11 is 5.98. The summed E-state index contributed by atoms with van der Waals surface area (Å²) in [5.74, 6) is 0. The maximum atomic E-state index is 12.4. The van der Waals surface area contributed by atoms with Crippen molar-refractivity contribution >= 4 is 29.0 Å². The van der Waals surface area contributed by atoms with Gasteiger partial charge in [-0.05, 0) is 35.9 Å². The minimum absolute atomic E-state index is 0.0882. The Hall–Kier alpha value is -2.28. The maximum absolute atomic E-state index is 12.4. The second kappa shape index (κ2) is 9.78. The van der Waals surface area contributed by atoms with Gasteiger partial charge in [0, 0.05) is 50.1 Å². The van der Waals surface area contributed by atoms with Crippen LogP contribution in [-0.4, -0.2) is 57.9 Å². The van der Waals surface area contributed by atoms with Crippen LogP contribution in [0.25, 0.3) is 0 Å². The molecule has 0 aliphatic carbocycles. The molecule has 28 heavy (non-hydrogen) atoms. The molecule has 3 rings (SSSR count). The SMILES string of the molecule is CN(C)c1ccc(C(CNC(=O)Nc2cccc(Cl)c2)N2CCOCC2)cc1. The smallest absolute Gasteiger partial charge is 0.319 e. The average Bonchev–Trinajstić information content (AvgIpc) is 2.69. The van der Waals surface area contributed by atoms with E-state index in [1.165, 1.54) is 5.56 Å². The number of hydrogen-bond donors (Lipinski definition) is 2. The molecular weight excluding hydrogens is 376 g/mol. The zero-order valence-electron chi connectivity index (χ0n) is 16.3. The molecule has 1 aliphatic rings. The second-order valence-corrected chi connectivity index (χ2v) is 7.43. The number of nitrogens with zero attached hydrogens (tertiary/aromatic N) is 2. The monoisotopic (exact) mass is 402 g/mol. The number of amides is 2. The number of halogens is 1. The van der Waals surface area contributed by atoms with Crippen LogP contribution in [0.5, 0.6) is 0 Å². The van der Waals surface area contributed by atoms with Crippen LogP contribution in [0, 0.1) is 0 Å². The molecule has 2 aromatic carbocycles. The summed E-state index contributed by atoms with van der Waals surface area (Å²) in [6, 6.07) is 15.4. The minimum Gasteiger partial charge on any atom is -0.379 e. The van der Waals surface area contributed by atoms with Gasteiger partial charge in [-0.15, -0.1) is 0 Å². The van der Waals surface area contributed by atoms with Gasteiger partial charge in [0.15, 0.2) is 0 Å². The van der Waals surface area contributed by atoms with E-state index in [4.69, 9.17) is 16.3 Å². The van der Waals surface area contributed by atoms with Gasteiger partial charge in [0.05, 0.1) is 19.3 Å². The zero-order chi connectivity index (χ0) is 19.9. The molecule has 1 heterocycles. The maximum Gasteiger partial charge on any atom is 0.319 e. The van der Waals surface area contributed by atoms with Crippen LogP contribution in [0.1, 0.15) is 11.6 Å². The van der Waals surface area contributed by atoms with Crippen molar-refractivity contribution in [3.63, 3.8) is 0 Å². The molecule has 150 valence electrons. The van der Waals surface area contributed by atoms with E-state index in [1.807, 2.05) is 20.2 Å². The van der Waals surface area contributed by atoms with Crippen LogP contribution >= 0.6 is 11.6 Å². The molecule has 0 bridgehead atoms. The Morgan fingerprint density at radius 2 is 1.89 bits per heavy atom. The number of urea groups is 1.